The molecule has 3 aliphatic heterocycles. The number of aryl methyl sites for hydroxylation is 2. The molecule has 0 unspecified atom stereocenters. The number of carbonyl (C=O) groups excluding carboxylic acids is 2. The second kappa shape index (κ2) is 14.5. The lowest BCUT2D eigenvalue weighted by Crippen LogP contribution is -2.53. The third-order valence-electron chi connectivity index (χ3n) is 10.6. The number of aromatic nitrogens is 5. The molecule has 3 aliphatic rings. The predicted octanol–water partition coefficient (Wildman–Crippen LogP) is 6.26. The molecule has 2 N–H and O–H groups in total. The average molecular weight is 759 g/mol. The number of rotatable bonds is 8. The zero-order chi connectivity index (χ0) is 37.7. The fraction of sp³-hybridized carbons (Fsp3) is 0.395. The number of anilines is 3. The van der Waals surface area contributed by atoms with Crippen LogP contribution in [0.15, 0.2) is 48.8 Å². The Morgan fingerprint density at radius 2 is 1.78 bits per heavy atom. The number of imidazole rings is 1. The van der Waals surface area contributed by atoms with Crippen molar-refractivity contribution in [3.05, 3.63) is 71.1 Å². The van der Waals surface area contributed by atoms with Gasteiger partial charge in [0.05, 0.1) is 28.8 Å². The molecule has 6 heterocycles. The van der Waals surface area contributed by atoms with Crippen LogP contribution in [0.3, 0.4) is 0 Å². The van der Waals surface area contributed by atoms with E-state index in [2.05, 4.69) is 47.0 Å². The van der Waals surface area contributed by atoms with E-state index in [1.807, 2.05) is 20.2 Å². The van der Waals surface area contributed by atoms with Crippen molar-refractivity contribution in [1.29, 1.82) is 0 Å². The smallest absolute Gasteiger partial charge is 0.328 e. The first-order valence-electron chi connectivity index (χ1n) is 18.2. The Balaban J connectivity index is 0.861. The third kappa shape index (κ3) is 7.05. The van der Waals surface area contributed by atoms with Crippen molar-refractivity contribution < 1.29 is 23.1 Å². The highest BCUT2D eigenvalue weighted by Crippen LogP contribution is 2.38. The van der Waals surface area contributed by atoms with Crippen molar-refractivity contribution in [2.24, 2.45) is 13.0 Å². The quantitative estimate of drug-likeness (QED) is 0.189. The van der Waals surface area contributed by atoms with Crippen LogP contribution in [0.1, 0.15) is 31.9 Å². The molecule has 0 radical (unpaired) electrons. The van der Waals surface area contributed by atoms with Gasteiger partial charge in [0, 0.05) is 83.3 Å². The largest absolute Gasteiger partial charge is 0.453 e. The Kier molecular flexibility index (Phi) is 9.60. The number of hydrogen-bond donors (Lipinski definition) is 2. The fourth-order valence-electron chi connectivity index (χ4n) is 7.88. The number of nitrogens with zero attached hydrogens (tertiary/aromatic N) is 8. The van der Waals surface area contributed by atoms with E-state index >= 15 is 8.78 Å². The minimum absolute atomic E-state index is 0.0847. The normalized spacial score (nSPS) is 18.9. The molecular weight excluding hydrogens is 718 g/mol. The van der Waals surface area contributed by atoms with Gasteiger partial charge >= 0.3 is 6.03 Å². The van der Waals surface area contributed by atoms with E-state index in [0.29, 0.717) is 58.0 Å². The number of urea groups is 1. The standard InChI is InChI=1S/C38H41ClF2N10O3/c1-22-19-48(20-24-8-11-49(12-9-24)31-6-4-25(16-29(31)40)51-13-10-33(52)43-38(51)53)14-15-50(22)32-7-5-26(17-30(32)41)54-35-28(39)18-42-37-34(35)44-36(45-37)27-21-47(3)46-23(27)2/h4-7,16-18,21-22,24H,8-15,19-20H2,1-3H3,(H,42,44,45)(H,43,52,53)/t22-/m0/s1. The van der Waals surface area contributed by atoms with Crippen LogP contribution in [0, 0.1) is 24.5 Å². The van der Waals surface area contributed by atoms with Gasteiger partial charge in [-0.15, -0.1) is 0 Å². The molecule has 13 nitrogen and oxygen atoms in total. The summed E-state index contributed by atoms with van der Waals surface area (Å²) >= 11 is 6.52. The molecule has 2 aromatic carbocycles. The van der Waals surface area contributed by atoms with E-state index in [1.54, 1.807) is 28.9 Å². The summed E-state index contributed by atoms with van der Waals surface area (Å²) in [6, 6.07) is 9.27. The minimum atomic E-state index is -0.530. The highest BCUT2D eigenvalue weighted by atomic mass is 35.5. The number of halogens is 3. The topological polar surface area (TPSA) is 128 Å². The number of ether oxygens (including phenoxy) is 1. The van der Waals surface area contributed by atoms with E-state index in [0.717, 1.165) is 56.8 Å². The van der Waals surface area contributed by atoms with Crippen molar-refractivity contribution in [3.8, 4) is 22.9 Å². The van der Waals surface area contributed by atoms with Crippen LogP contribution >= 0.6 is 11.6 Å². The number of nitrogens with one attached hydrogen (secondary N) is 2. The van der Waals surface area contributed by atoms with Crippen LogP contribution in [0.25, 0.3) is 22.6 Å². The number of aromatic amines is 1. The lowest BCUT2D eigenvalue weighted by molar-refractivity contribution is -0.120. The second-order valence-corrected chi connectivity index (χ2v) is 14.8. The highest BCUT2D eigenvalue weighted by molar-refractivity contribution is 6.32. The summed E-state index contributed by atoms with van der Waals surface area (Å²) in [4.78, 5) is 43.9. The molecule has 0 spiro atoms. The average Bonchev–Trinajstić information content (AvgIpc) is 3.72. The number of imide groups is 1. The molecule has 3 amide bonds. The SMILES string of the molecule is Cc1nn(C)cc1-c1nc2ncc(Cl)c(Oc3ccc(N4CCN(CC5CCN(c6ccc(N7CCC(=O)NC7=O)cc6F)CC5)C[C@@H]4C)c(F)c3)c2[nH]1. The van der Waals surface area contributed by atoms with Crippen LogP contribution in [-0.4, -0.2) is 93.4 Å². The summed E-state index contributed by atoms with van der Waals surface area (Å²) in [6.07, 6.45) is 5.38. The van der Waals surface area contributed by atoms with Crippen LogP contribution in [0.4, 0.5) is 30.6 Å². The van der Waals surface area contributed by atoms with Gasteiger partial charge in [-0.25, -0.2) is 23.5 Å². The summed E-state index contributed by atoms with van der Waals surface area (Å²) in [6.45, 7) is 8.92. The zero-order valence-corrected chi connectivity index (χ0v) is 31.0. The van der Waals surface area contributed by atoms with Crippen molar-refractivity contribution in [2.45, 2.75) is 39.2 Å². The molecule has 0 bridgehead atoms. The molecule has 5 aromatic rings. The second-order valence-electron chi connectivity index (χ2n) is 14.4. The van der Waals surface area contributed by atoms with Crippen LogP contribution < -0.4 is 24.8 Å². The molecule has 8 rings (SSSR count). The summed E-state index contributed by atoms with van der Waals surface area (Å²) < 4.78 is 38.9. The maximum absolute atomic E-state index is 15.7. The third-order valence-corrected chi connectivity index (χ3v) is 10.9. The van der Waals surface area contributed by atoms with E-state index < -0.39 is 6.03 Å². The molecule has 0 aliphatic carbocycles. The monoisotopic (exact) mass is 758 g/mol. The van der Waals surface area contributed by atoms with Crippen molar-refractivity contribution in [3.63, 3.8) is 0 Å². The number of amides is 3. The Labute approximate surface area is 315 Å². The summed E-state index contributed by atoms with van der Waals surface area (Å²) in [5.41, 5.74) is 4.05. The number of piperazine rings is 1. The van der Waals surface area contributed by atoms with Gasteiger partial charge < -0.3 is 19.5 Å². The molecule has 3 fully saturated rings. The Morgan fingerprint density at radius 1 is 1.00 bits per heavy atom. The molecular formula is C38H41ClF2N10O3. The summed E-state index contributed by atoms with van der Waals surface area (Å²) in [7, 11) is 1.84. The lowest BCUT2D eigenvalue weighted by atomic mass is 9.95. The van der Waals surface area contributed by atoms with Crippen LogP contribution in [0.5, 0.6) is 11.5 Å². The van der Waals surface area contributed by atoms with Crippen molar-refractivity contribution in [2.75, 3.05) is 60.5 Å². The van der Waals surface area contributed by atoms with Gasteiger partial charge in [0.25, 0.3) is 0 Å². The van der Waals surface area contributed by atoms with Crippen LogP contribution in [-0.2, 0) is 11.8 Å². The molecule has 16 heteroatoms. The predicted molar refractivity (Wildman–Crippen MR) is 202 cm³/mol. The molecule has 282 valence electrons. The van der Waals surface area contributed by atoms with Crippen molar-refractivity contribution in [1.82, 2.24) is 34.9 Å². The van der Waals surface area contributed by atoms with E-state index in [-0.39, 0.29) is 41.6 Å². The molecule has 54 heavy (non-hydrogen) atoms. The van der Waals surface area contributed by atoms with Gasteiger partial charge in [-0.1, -0.05) is 11.6 Å². The fourth-order valence-corrected chi connectivity index (χ4v) is 8.06. The van der Waals surface area contributed by atoms with Gasteiger partial charge in [0.2, 0.25) is 5.91 Å². The van der Waals surface area contributed by atoms with Gasteiger partial charge in [0.1, 0.15) is 33.7 Å². The highest BCUT2D eigenvalue weighted by Gasteiger charge is 2.30. The van der Waals surface area contributed by atoms with Crippen molar-refractivity contribution >= 4 is 51.8 Å². The first-order valence-corrected chi connectivity index (χ1v) is 18.6. The number of carbonyl (C=O) groups is 2. The number of hydrogen-bond acceptors (Lipinski definition) is 9. The molecule has 1 atom stereocenters. The zero-order valence-electron chi connectivity index (χ0n) is 30.3. The Bertz CT molecular complexity index is 2240. The molecule has 0 saturated carbocycles. The number of piperidine rings is 1. The van der Waals surface area contributed by atoms with Gasteiger partial charge in [0.15, 0.2) is 11.4 Å². The van der Waals surface area contributed by atoms with E-state index in [4.69, 9.17) is 16.3 Å². The van der Waals surface area contributed by atoms with Gasteiger partial charge in [-0.3, -0.25) is 24.6 Å². The Morgan fingerprint density at radius 3 is 2.48 bits per heavy atom. The number of pyridine rings is 1. The number of benzene rings is 2. The maximum atomic E-state index is 15.7. The first-order chi connectivity index (χ1) is 26.0. The maximum Gasteiger partial charge on any atom is 0.328 e. The molecule has 3 saturated heterocycles. The number of fused-ring (bicyclic) bond motifs is 1. The van der Waals surface area contributed by atoms with E-state index in [9.17, 15) is 9.59 Å². The van der Waals surface area contributed by atoms with Gasteiger partial charge in [-0.2, -0.15) is 5.10 Å². The first kappa shape index (κ1) is 35.7. The summed E-state index contributed by atoms with van der Waals surface area (Å²) in [5.74, 6) is 0.584. The number of H-pyrrole nitrogens is 1. The van der Waals surface area contributed by atoms with Crippen LogP contribution in [0.2, 0.25) is 5.02 Å². The lowest BCUT2D eigenvalue weighted by Gasteiger charge is -2.43. The Hall–Kier alpha value is -5.28. The van der Waals surface area contributed by atoms with Gasteiger partial charge in [-0.05, 0) is 62.9 Å². The molecule has 3 aromatic heterocycles. The minimum Gasteiger partial charge on any atom is -0.453 e. The summed E-state index contributed by atoms with van der Waals surface area (Å²) in [5, 5.41) is 6.94. The van der Waals surface area contributed by atoms with E-state index in [1.165, 1.54) is 23.2 Å².